The summed E-state index contributed by atoms with van der Waals surface area (Å²) in [6.45, 7) is 2.06. The Kier molecular flexibility index (Phi) is 5.01. The number of aryl methyl sites for hydroxylation is 2. The van der Waals surface area contributed by atoms with Crippen molar-refractivity contribution in [2.45, 2.75) is 25.8 Å². The van der Waals surface area contributed by atoms with Gasteiger partial charge in [-0.3, -0.25) is 0 Å². The number of nitrogens with one attached hydrogen (secondary N) is 1. The van der Waals surface area contributed by atoms with Crippen LogP contribution >= 0.6 is 0 Å². The second-order valence-corrected chi connectivity index (χ2v) is 6.24. The molecule has 0 bridgehead atoms. The lowest BCUT2D eigenvalue weighted by Crippen LogP contribution is -2.39. The van der Waals surface area contributed by atoms with Crippen molar-refractivity contribution in [1.29, 1.82) is 5.26 Å². The van der Waals surface area contributed by atoms with Crippen molar-refractivity contribution in [1.82, 2.24) is 4.90 Å². The standard InChI is InChI=1S/C20H21N3O2/c1-14-6-7-15(13-21)12-18(14)22-20(25)23(10-11-24)19-9-8-16-4-2-3-5-17(16)19/h2-7,12,19,24H,8-11H2,1H3,(H,22,25). The number of benzene rings is 2. The number of urea groups is 1. The van der Waals surface area contributed by atoms with Gasteiger partial charge in [0, 0.05) is 12.2 Å². The van der Waals surface area contributed by atoms with E-state index in [4.69, 9.17) is 5.26 Å². The van der Waals surface area contributed by atoms with E-state index >= 15 is 0 Å². The molecule has 128 valence electrons. The molecule has 1 unspecified atom stereocenters. The normalized spacial score (nSPS) is 15.3. The number of carbonyl (C=O) groups excluding carboxylic acids is 1. The quantitative estimate of drug-likeness (QED) is 0.899. The minimum Gasteiger partial charge on any atom is -0.395 e. The highest BCUT2D eigenvalue weighted by Gasteiger charge is 2.30. The van der Waals surface area contributed by atoms with Crippen molar-refractivity contribution >= 4 is 11.7 Å². The Morgan fingerprint density at radius 1 is 1.36 bits per heavy atom. The lowest BCUT2D eigenvalue weighted by Gasteiger charge is -2.29. The fourth-order valence-electron chi connectivity index (χ4n) is 3.38. The molecule has 25 heavy (non-hydrogen) atoms. The van der Waals surface area contributed by atoms with E-state index in [1.807, 2.05) is 31.2 Å². The smallest absolute Gasteiger partial charge is 0.322 e. The average Bonchev–Trinajstić information content (AvgIpc) is 3.05. The third-order valence-corrected chi connectivity index (χ3v) is 4.69. The van der Waals surface area contributed by atoms with Crippen LogP contribution in [0.1, 0.15) is 34.7 Å². The molecule has 2 N–H and O–H groups in total. The maximum absolute atomic E-state index is 12.9. The van der Waals surface area contributed by atoms with Crippen molar-refractivity contribution < 1.29 is 9.90 Å². The van der Waals surface area contributed by atoms with Gasteiger partial charge in [-0.1, -0.05) is 30.3 Å². The van der Waals surface area contributed by atoms with Crippen LogP contribution in [-0.4, -0.2) is 29.2 Å². The molecule has 0 heterocycles. The second-order valence-electron chi connectivity index (χ2n) is 6.24. The second kappa shape index (κ2) is 7.37. The zero-order valence-corrected chi connectivity index (χ0v) is 14.2. The number of hydrogen-bond acceptors (Lipinski definition) is 3. The number of hydrogen-bond donors (Lipinski definition) is 2. The van der Waals surface area contributed by atoms with Gasteiger partial charge in [0.15, 0.2) is 0 Å². The predicted molar refractivity (Wildman–Crippen MR) is 96.2 cm³/mol. The highest BCUT2D eigenvalue weighted by molar-refractivity contribution is 5.90. The molecule has 5 heteroatoms. The molecular weight excluding hydrogens is 314 g/mol. The van der Waals surface area contributed by atoms with Crippen molar-refractivity contribution in [3.63, 3.8) is 0 Å². The molecule has 5 nitrogen and oxygen atoms in total. The highest BCUT2D eigenvalue weighted by atomic mass is 16.3. The van der Waals surface area contributed by atoms with Crippen molar-refractivity contribution in [3.05, 3.63) is 64.7 Å². The Balaban J connectivity index is 1.84. The third-order valence-electron chi connectivity index (χ3n) is 4.69. The number of rotatable bonds is 4. The summed E-state index contributed by atoms with van der Waals surface area (Å²) in [6.07, 6.45) is 1.78. The van der Waals surface area contributed by atoms with Crippen molar-refractivity contribution in [2.24, 2.45) is 0 Å². The minimum atomic E-state index is -0.256. The molecular formula is C20H21N3O2. The van der Waals surface area contributed by atoms with Crippen LogP contribution < -0.4 is 5.32 Å². The summed E-state index contributed by atoms with van der Waals surface area (Å²) in [5, 5.41) is 21.4. The Labute approximate surface area is 147 Å². The third kappa shape index (κ3) is 3.49. The van der Waals surface area contributed by atoms with Crippen LogP contribution in [0.2, 0.25) is 0 Å². The zero-order valence-electron chi connectivity index (χ0n) is 14.2. The highest BCUT2D eigenvalue weighted by Crippen LogP contribution is 2.35. The average molecular weight is 335 g/mol. The molecule has 0 spiro atoms. The Morgan fingerprint density at radius 2 is 2.16 bits per heavy atom. The van der Waals surface area contributed by atoms with Crippen LogP contribution in [-0.2, 0) is 6.42 Å². The molecule has 1 aliphatic rings. The van der Waals surface area contributed by atoms with Gasteiger partial charge in [-0.25, -0.2) is 4.79 Å². The topological polar surface area (TPSA) is 76.4 Å². The van der Waals surface area contributed by atoms with E-state index in [2.05, 4.69) is 17.5 Å². The lowest BCUT2D eigenvalue weighted by molar-refractivity contribution is 0.162. The van der Waals surface area contributed by atoms with Crippen LogP contribution in [0.3, 0.4) is 0 Å². The summed E-state index contributed by atoms with van der Waals surface area (Å²) in [5.74, 6) is 0. The molecule has 0 saturated heterocycles. The number of nitrogens with zero attached hydrogens (tertiary/aromatic N) is 2. The SMILES string of the molecule is Cc1ccc(C#N)cc1NC(=O)N(CCO)C1CCc2ccccc21. The van der Waals surface area contributed by atoms with Gasteiger partial charge in [0.25, 0.3) is 0 Å². The van der Waals surface area contributed by atoms with Gasteiger partial charge in [-0.15, -0.1) is 0 Å². The van der Waals surface area contributed by atoms with E-state index in [-0.39, 0.29) is 25.2 Å². The Bertz CT molecular complexity index is 826. The molecule has 2 aromatic rings. The molecule has 2 aromatic carbocycles. The van der Waals surface area contributed by atoms with Gasteiger partial charge < -0.3 is 15.3 Å². The fourth-order valence-corrected chi connectivity index (χ4v) is 3.38. The summed E-state index contributed by atoms with van der Waals surface area (Å²) in [6, 6.07) is 15.1. The first kappa shape index (κ1) is 17.0. The number of amides is 2. The van der Waals surface area contributed by atoms with E-state index in [9.17, 15) is 9.90 Å². The number of aliphatic hydroxyl groups is 1. The summed E-state index contributed by atoms with van der Waals surface area (Å²) in [7, 11) is 0. The monoisotopic (exact) mass is 335 g/mol. The van der Waals surface area contributed by atoms with Gasteiger partial charge in [0.1, 0.15) is 0 Å². The number of anilines is 1. The van der Waals surface area contributed by atoms with Crippen molar-refractivity contribution in [2.75, 3.05) is 18.5 Å². The van der Waals surface area contributed by atoms with Gasteiger partial charge in [0.2, 0.25) is 0 Å². The Morgan fingerprint density at radius 3 is 2.92 bits per heavy atom. The van der Waals surface area contributed by atoms with E-state index < -0.39 is 0 Å². The molecule has 1 atom stereocenters. The van der Waals surface area contributed by atoms with Gasteiger partial charge in [-0.2, -0.15) is 5.26 Å². The summed E-state index contributed by atoms with van der Waals surface area (Å²) in [4.78, 5) is 14.6. The number of nitriles is 1. The molecule has 0 saturated carbocycles. The minimum absolute atomic E-state index is 0.0391. The first-order valence-corrected chi connectivity index (χ1v) is 8.41. The van der Waals surface area contributed by atoms with Gasteiger partial charge >= 0.3 is 6.03 Å². The van der Waals surface area contributed by atoms with Crippen molar-refractivity contribution in [3.8, 4) is 6.07 Å². The van der Waals surface area contributed by atoms with E-state index in [0.29, 0.717) is 11.3 Å². The predicted octanol–water partition coefficient (Wildman–Crippen LogP) is 3.38. The maximum Gasteiger partial charge on any atom is 0.322 e. The summed E-state index contributed by atoms with van der Waals surface area (Å²) in [5.41, 5.74) is 4.42. The summed E-state index contributed by atoms with van der Waals surface area (Å²) < 4.78 is 0. The first-order valence-electron chi connectivity index (χ1n) is 8.41. The Hall–Kier alpha value is -2.84. The van der Waals surface area contributed by atoms with E-state index in [1.165, 1.54) is 5.56 Å². The number of fused-ring (bicyclic) bond motifs is 1. The molecule has 0 fully saturated rings. The number of carbonyl (C=O) groups is 1. The molecule has 0 aromatic heterocycles. The van der Waals surface area contributed by atoms with Crippen LogP contribution in [0.4, 0.5) is 10.5 Å². The number of aliphatic hydroxyl groups excluding tert-OH is 1. The molecule has 3 rings (SSSR count). The van der Waals surface area contributed by atoms with Crippen LogP contribution in [0.5, 0.6) is 0 Å². The van der Waals surface area contributed by atoms with Crippen LogP contribution in [0.15, 0.2) is 42.5 Å². The van der Waals surface area contributed by atoms with Crippen LogP contribution in [0.25, 0.3) is 0 Å². The van der Waals surface area contributed by atoms with Gasteiger partial charge in [-0.05, 0) is 48.6 Å². The molecule has 0 aliphatic heterocycles. The molecule has 1 aliphatic carbocycles. The van der Waals surface area contributed by atoms with E-state index in [0.717, 1.165) is 24.0 Å². The molecule has 0 radical (unpaired) electrons. The van der Waals surface area contributed by atoms with Crippen LogP contribution in [0, 0.1) is 18.3 Å². The maximum atomic E-state index is 12.9. The lowest BCUT2D eigenvalue weighted by atomic mass is 10.1. The first-order chi connectivity index (χ1) is 12.1. The van der Waals surface area contributed by atoms with E-state index in [1.54, 1.807) is 17.0 Å². The fraction of sp³-hybridized carbons (Fsp3) is 0.300. The van der Waals surface area contributed by atoms with Gasteiger partial charge in [0.05, 0.1) is 24.3 Å². The zero-order chi connectivity index (χ0) is 17.8. The largest absolute Gasteiger partial charge is 0.395 e. The summed E-state index contributed by atoms with van der Waals surface area (Å²) >= 11 is 0. The molecule has 2 amide bonds.